The lowest BCUT2D eigenvalue weighted by molar-refractivity contribution is 0.102. The van der Waals surface area contributed by atoms with Gasteiger partial charge in [-0.25, -0.2) is 8.42 Å². The van der Waals surface area contributed by atoms with Gasteiger partial charge in [-0.3, -0.25) is 9.52 Å². The van der Waals surface area contributed by atoms with Crippen molar-refractivity contribution >= 4 is 27.3 Å². The molecule has 0 bridgehead atoms. The highest BCUT2D eigenvalue weighted by atomic mass is 32.2. The van der Waals surface area contributed by atoms with Crippen molar-refractivity contribution in [3.05, 3.63) is 89.0 Å². The minimum Gasteiger partial charge on any atom is -0.322 e. The maximum absolute atomic E-state index is 12.7. The van der Waals surface area contributed by atoms with Crippen LogP contribution in [0.4, 0.5) is 11.4 Å². The van der Waals surface area contributed by atoms with Crippen molar-refractivity contribution < 1.29 is 13.2 Å². The molecule has 0 unspecified atom stereocenters. The third-order valence-corrected chi connectivity index (χ3v) is 5.70. The van der Waals surface area contributed by atoms with Crippen LogP contribution < -0.4 is 10.0 Å². The molecular weight excluding hydrogens is 372 g/mol. The number of aryl methyl sites for hydroxylation is 3. The van der Waals surface area contributed by atoms with Crippen molar-refractivity contribution in [1.29, 1.82) is 0 Å². The van der Waals surface area contributed by atoms with E-state index >= 15 is 0 Å². The van der Waals surface area contributed by atoms with Gasteiger partial charge in [0.2, 0.25) is 0 Å². The van der Waals surface area contributed by atoms with Crippen molar-refractivity contribution in [2.24, 2.45) is 0 Å². The SMILES string of the molecule is Cc1cccc(NS(=O)(=O)c2cccc(C(=O)Nc3cc(C)ccc3C)c2)c1. The highest BCUT2D eigenvalue weighted by molar-refractivity contribution is 7.92. The Balaban J connectivity index is 1.85. The lowest BCUT2D eigenvalue weighted by atomic mass is 10.1. The van der Waals surface area contributed by atoms with Crippen molar-refractivity contribution in [3.63, 3.8) is 0 Å². The topological polar surface area (TPSA) is 75.3 Å². The molecule has 0 heterocycles. The number of rotatable bonds is 5. The zero-order valence-corrected chi connectivity index (χ0v) is 16.8. The van der Waals surface area contributed by atoms with Gasteiger partial charge in [0, 0.05) is 16.9 Å². The summed E-state index contributed by atoms with van der Waals surface area (Å²) in [5, 5.41) is 2.85. The largest absolute Gasteiger partial charge is 0.322 e. The van der Waals surface area contributed by atoms with Gasteiger partial charge >= 0.3 is 0 Å². The quantitative estimate of drug-likeness (QED) is 0.661. The summed E-state index contributed by atoms with van der Waals surface area (Å²) in [5.74, 6) is -0.360. The van der Waals surface area contributed by atoms with Crippen LogP contribution in [0.2, 0.25) is 0 Å². The van der Waals surface area contributed by atoms with Crippen LogP contribution in [0.25, 0.3) is 0 Å². The van der Waals surface area contributed by atoms with Gasteiger partial charge in [-0.05, 0) is 73.9 Å². The van der Waals surface area contributed by atoms with Crippen LogP contribution in [0, 0.1) is 20.8 Å². The summed E-state index contributed by atoms with van der Waals surface area (Å²) in [7, 11) is -3.80. The monoisotopic (exact) mass is 394 g/mol. The number of benzene rings is 3. The fourth-order valence-electron chi connectivity index (χ4n) is 2.79. The van der Waals surface area contributed by atoms with Crippen LogP contribution in [-0.4, -0.2) is 14.3 Å². The summed E-state index contributed by atoms with van der Waals surface area (Å²) in [6.07, 6.45) is 0. The van der Waals surface area contributed by atoms with Gasteiger partial charge < -0.3 is 5.32 Å². The molecule has 0 aliphatic carbocycles. The standard InChI is InChI=1S/C22H22N2O3S/c1-15-6-4-8-19(12-15)24-28(26,27)20-9-5-7-18(14-20)22(25)23-21-13-16(2)10-11-17(21)3/h4-14,24H,1-3H3,(H,23,25). The molecular formula is C22H22N2O3S. The van der Waals surface area contributed by atoms with E-state index in [9.17, 15) is 13.2 Å². The molecule has 3 aromatic carbocycles. The number of nitrogens with one attached hydrogen (secondary N) is 2. The molecule has 3 aromatic rings. The van der Waals surface area contributed by atoms with E-state index in [4.69, 9.17) is 0 Å². The first-order valence-corrected chi connectivity index (χ1v) is 10.3. The Kier molecular flexibility index (Phi) is 5.51. The van der Waals surface area contributed by atoms with E-state index in [1.54, 1.807) is 30.3 Å². The van der Waals surface area contributed by atoms with Crippen LogP contribution in [0.5, 0.6) is 0 Å². The molecule has 0 saturated carbocycles. The number of carbonyl (C=O) groups excluding carboxylic acids is 1. The predicted octanol–water partition coefficient (Wildman–Crippen LogP) is 4.66. The van der Waals surface area contributed by atoms with Gasteiger partial charge in [-0.15, -0.1) is 0 Å². The van der Waals surface area contributed by atoms with E-state index in [1.807, 2.05) is 45.0 Å². The molecule has 144 valence electrons. The Hall–Kier alpha value is -3.12. The summed E-state index contributed by atoms with van der Waals surface area (Å²) in [5.41, 5.74) is 4.36. The third-order valence-electron chi connectivity index (χ3n) is 4.32. The lowest BCUT2D eigenvalue weighted by Gasteiger charge is -2.11. The van der Waals surface area contributed by atoms with Gasteiger partial charge in [0.05, 0.1) is 4.90 Å². The molecule has 3 rings (SSSR count). The molecule has 0 spiro atoms. The molecule has 6 heteroatoms. The van der Waals surface area contributed by atoms with Crippen molar-refractivity contribution in [1.82, 2.24) is 0 Å². The maximum atomic E-state index is 12.7. The fourth-order valence-corrected chi connectivity index (χ4v) is 3.89. The van der Waals surface area contributed by atoms with Crippen LogP contribution in [0.3, 0.4) is 0 Å². The Morgan fingerprint density at radius 1 is 0.821 bits per heavy atom. The van der Waals surface area contributed by atoms with Crippen LogP contribution in [0.1, 0.15) is 27.0 Å². The summed E-state index contributed by atoms with van der Waals surface area (Å²) in [6.45, 7) is 5.73. The average Bonchev–Trinajstić information content (AvgIpc) is 2.64. The molecule has 0 aromatic heterocycles. The first-order chi connectivity index (χ1) is 13.2. The summed E-state index contributed by atoms with van der Waals surface area (Å²) in [6, 6.07) is 18.9. The van der Waals surface area contributed by atoms with E-state index in [0.717, 1.165) is 16.7 Å². The second-order valence-corrected chi connectivity index (χ2v) is 8.46. The zero-order valence-electron chi connectivity index (χ0n) is 16.0. The third kappa shape index (κ3) is 4.58. The van der Waals surface area contributed by atoms with Gasteiger partial charge in [0.25, 0.3) is 15.9 Å². The molecule has 1 amide bonds. The number of hydrogen-bond donors (Lipinski definition) is 2. The molecule has 0 fully saturated rings. The highest BCUT2D eigenvalue weighted by Gasteiger charge is 2.17. The molecule has 0 saturated heterocycles. The second-order valence-electron chi connectivity index (χ2n) is 6.78. The Labute approximate surface area is 165 Å². The summed E-state index contributed by atoms with van der Waals surface area (Å²) < 4.78 is 28.0. The normalized spacial score (nSPS) is 11.1. The van der Waals surface area contributed by atoms with Crippen LogP contribution in [-0.2, 0) is 10.0 Å². The maximum Gasteiger partial charge on any atom is 0.261 e. The number of amides is 1. The number of carbonyl (C=O) groups is 1. The first kappa shape index (κ1) is 19.6. The molecule has 0 radical (unpaired) electrons. The smallest absolute Gasteiger partial charge is 0.261 e. The predicted molar refractivity (Wildman–Crippen MR) is 112 cm³/mol. The molecule has 5 nitrogen and oxygen atoms in total. The molecule has 2 N–H and O–H groups in total. The van der Waals surface area contributed by atoms with Crippen molar-refractivity contribution in [2.75, 3.05) is 10.0 Å². The highest BCUT2D eigenvalue weighted by Crippen LogP contribution is 2.20. The molecule has 0 aliphatic rings. The van der Waals surface area contributed by atoms with Crippen LogP contribution in [0.15, 0.2) is 71.6 Å². The average molecular weight is 394 g/mol. The first-order valence-electron chi connectivity index (χ1n) is 8.83. The van der Waals surface area contributed by atoms with Gasteiger partial charge in [-0.1, -0.05) is 30.3 Å². The minimum absolute atomic E-state index is 0.0302. The Morgan fingerprint density at radius 2 is 1.54 bits per heavy atom. The van der Waals surface area contributed by atoms with E-state index < -0.39 is 10.0 Å². The minimum atomic E-state index is -3.80. The van der Waals surface area contributed by atoms with E-state index in [1.165, 1.54) is 12.1 Å². The van der Waals surface area contributed by atoms with Gasteiger partial charge in [0.1, 0.15) is 0 Å². The Morgan fingerprint density at radius 3 is 2.29 bits per heavy atom. The van der Waals surface area contributed by atoms with E-state index in [2.05, 4.69) is 10.0 Å². The summed E-state index contributed by atoms with van der Waals surface area (Å²) in [4.78, 5) is 12.7. The van der Waals surface area contributed by atoms with Gasteiger partial charge in [0.15, 0.2) is 0 Å². The number of sulfonamides is 1. The second kappa shape index (κ2) is 7.86. The fraction of sp³-hybridized carbons (Fsp3) is 0.136. The lowest BCUT2D eigenvalue weighted by Crippen LogP contribution is -2.16. The molecule has 0 aliphatic heterocycles. The van der Waals surface area contributed by atoms with E-state index in [-0.39, 0.29) is 16.4 Å². The Bertz CT molecular complexity index is 1140. The van der Waals surface area contributed by atoms with Crippen LogP contribution >= 0.6 is 0 Å². The molecule has 0 atom stereocenters. The molecule has 28 heavy (non-hydrogen) atoms. The zero-order chi connectivity index (χ0) is 20.3. The van der Waals surface area contributed by atoms with Crippen molar-refractivity contribution in [3.8, 4) is 0 Å². The van der Waals surface area contributed by atoms with E-state index in [0.29, 0.717) is 11.4 Å². The van der Waals surface area contributed by atoms with Crippen molar-refractivity contribution in [2.45, 2.75) is 25.7 Å². The van der Waals surface area contributed by atoms with Gasteiger partial charge in [-0.2, -0.15) is 0 Å². The number of hydrogen-bond acceptors (Lipinski definition) is 3. The summed E-state index contributed by atoms with van der Waals surface area (Å²) >= 11 is 0. The number of anilines is 2.